The third-order valence-corrected chi connectivity index (χ3v) is 4.99. The monoisotopic (exact) mass is 270 g/mol. The molecular formula is C12H18N2O3S. The molecule has 0 saturated heterocycles. The van der Waals surface area contributed by atoms with Crippen molar-refractivity contribution in [1.29, 1.82) is 0 Å². The molecule has 1 saturated carbocycles. The summed E-state index contributed by atoms with van der Waals surface area (Å²) in [4.78, 5) is 0.279. The number of benzene rings is 1. The molecule has 1 aromatic rings. The highest BCUT2D eigenvalue weighted by atomic mass is 32.2. The van der Waals surface area contributed by atoms with Crippen LogP contribution in [0.5, 0.6) is 0 Å². The average Bonchev–Trinajstić information content (AvgIpc) is 3.20. The maximum absolute atomic E-state index is 12.4. The van der Waals surface area contributed by atoms with Gasteiger partial charge in [0.2, 0.25) is 10.0 Å². The highest BCUT2D eigenvalue weighted by Crippen LogP contribution is 2.31. The number of hydrogen-bond acceptors (Lipinski definition) is 4. The van der Waals surface area contributed by atoms with E-state index >= 15 is 0 Å². The summed E-state index contributed by atoms with van der Waals surface area (Å²) >= 11 is 0. The second kappa shape index (κ2) is 5.26. The minimum Gasteiger partial charge on any atom is -0.395 e. The van der Waals surface area contributed by atoms with Crippen LogP contribution in [0.25, 0.3) is 0 Å². The van der Waals surface area contributed by atoms with E-state index in [4.69, 9.17) is 5.11 Å². The van der Waals surface area contributed by atoms with Crippen molar-refractivity contribution in [2.45, 2.75) is 23.8 Å². The predicted molar refractivity (Wildman–Crippen MR) is 70.0 cm³/mol. The molecule has 0 spiro atoms. The third kappa shape index (κ3) is 2.66. The van der Waals surface area contributed by atoms with E-state index in [9.17, 15) is 8.42 Å². The van der Waals surface area contributed by atoms with Crippen molar-refractivity contribution >= 4 is 15.7 Å². The smallest absolute Gasteiger partial charge is 0.243 e. The maximum atomic E-state index is 12.4. The van der Waals surface area contributed by atoms with Gasteiger partial charge in [0.05, 0.1) is 11.5 Å². The van der Waals surface area contributed by atoms with Crippen LogP contribution in [0.1, 0.15) is 12.8 Å². The van der Waals surface area contributed by atoms with Crippen LogP contribution in [0.3, 0.4) is 0 Å². The standard InChI is InChI=1S/C12H18N2O3S/c1-13-10-2-6-12(7-3-10)18(16,17)14(8-9-15)11-4-5-11/h2-3,6-7,11,13,15H,4-5,8-9H2,1H3. The van der Waals surface area contributed by atoms with E-state index in [1.54, 1.807) is 31.3 Å². The molecule has 2 rings (SSSR count). The summed E-state index contributed by atoms with van der Waals surface area (Å²) in [5.74, 6) is 0. The van der Waals surface area contributed by atoms with Gasteiger partial charge in [-0.05, 0) is 37.1 Å². The largest absolute Gasteiger partial charge is 0.395 e. The van der Waals surface area contributed by atoms with Crippen LogP contribution in [0.15, 0.2) is 29.2 Å². The summed E-state index contributed by atoms with van der Waals surface area (Å²) < 4.78 is 26.2. The molecule has 0 radical (unpaired) electrons. The number of nitrogens with one attached hydrogen (secondary N) is 1. The normalized spacial score (nSPS) is 15.9. The lowest BCUT2D eigenvalue weighted by atomic mass is 10.3. The molecule has 0 bridgehead atoms. The van der Waals surface area contributed by atoms with E-state index in [2.05, 4.69) is 5.32 Å². The number of nitrogens with zero attached hydrogens (tertiary/aromatic N) is 1. The summed E-state index contributed by atoms with van der Waals surface area (Å²) in [6.07, 6.45) is 1.77. The molecule has 0 aliphatic heterocycles. The Morgan fingerprint density at radius 3 is 2.39 bits per heavy atom. The fourth-order valence-corrected chi connectivity index (χ4v) is 3.57. The number of hydrogen-bond donors (Lipinski definition) is 2. The minimum atomic E-state index is -3.48. The predicted octanol–water partition coefficient (Wildman–Crippen LogP) is 0.874. The number of aliphatic hydroxyl groups excluding tert-OH is 1. The van der Waals surface area contributed by atoms with Gasteiger partial charge in [0, 0.05) is 25.3 Å². The molecule has 6 heteroatoms. The molecule has 100 valence electrons. The average molecular weight is 270 g/mol. The fraction of sp³-hybridized carbons (Fsp3) is 0.500. The van der Waals surface area contributed by atoms with Gasteiger partial charge in [-0.15, -0.1) is 0 Å². The Bertz CT molecular complexity index is 495. The second-order valence-corrected chi connectivity index (χ2v) is 6.24. The minimum absolute atomic E-state index is 0.0612. The number of anilines is 1. The van der Waals surface area contributed by atoms with Gasteiger partial charge in [-0.3, -0.25) is 0 Å². The van der Waals surface area contributed by atoms with Crippen LogP contribution in [-0.4, -0.2) is 44.1 Å². The van der Waals surface area contributed by atoms with Gasteiger partial charge < -0.3 is 10.4 Å². The van der Waals surface area contributed by atoms with Gasteiger partial charge in [-0.25, -0.2) is 8.42 Å². The Kier molecular flexibility index (Phi) is 3.89. The zero-order valence-electron chi connectivity index (χ0n) is 10.3. The number of rotatable bonds is 6. The molecule has 0 heterocycles. The van der Waals surface area contributed by atoms with Gasteiger partial charge in [-0.1, -0.05) is 0 Å². The Balaban J connectivity index is 2.27. The molecule has 1 fully saturated rings. The lowest BCUT2D eigenvalue weighted by Crippen LogP contribution is -2.35. The number of sulfonamides is 1. The van der Waals surface area contributed by atoms with Gasteiger partial charge in [-0.2, -0.15) is 4.31 Å². The van der Waals surface area contributed by atoms with Crippen molar-refractivity contribution < 1.29 is 13.5 Å². The lowest BCUT2D eigenvalue weighted by molar-refractivity contribution is 0.250. The van der Waals surface area contributed by atoms with Gasteiger partial charge in [0.15, 0.2) is 0 Å². The first kappa shape index (κ1) is 13.3. The zero-order valence-corrected chi connectivity index (χ0v) is 11.2. The Hall–Kier alpha value is -1.11. The molecule has 5 nitrogen and oxygen atoms in total. The van der Waals surface area contributed by atoms with E-state index < -0.39 is 10.0 Å². The van der Waals surface area contributed by atoms with Crippen LogP contribution in [-0.2, 0) is 10.0 Å². The molecule has 1 aliphatic carbocycles. The van der Waals surface area contributed by atoms with Crippen LogP contribution in [0, 0.1) is 0 Å². The summed E-state index contributed by atoms with van der Waals surface area (Å²) in [6, 6.07) is 6.71. The molecule has 0 atom stereocenters. The molecule has 1 aliphatic rings. The first-order chi connectivity index (χ1) is 8.59. The summed E-state index contributed by atoms with van der Waals surface area (Å²) in [6.45, 7) is 0.0190. The summed E-state index contributed by atoms with van der Waals surface area (Å²) in [5, 5.41) is 11.9. The van der Waals surface area contributed by atoms with E-state index in [0.29, 0.717) is 0 Å². The summed E-state index contributed by atoms with van der Waals surface area (Å²) in [5.41, 5.74) is 0.870. The topological polar surface area (TPSA) is 69.6 Å². The maximum Gasteiger partial charge on any atom is 0.243 e. The first-order valence-electron chi connectivity index (χ1n) is 6.00. The van der Waals surface area contributed by atoms with Crippen LogP contribution in [0.2, 0.25) is 0 Å². The highest BCUT2D eigenvalue weighted by molar-refractivity contribution is 7.89. The van der Waals surface area contributed by atoms with Gasteiger partial charge in [0.25, 0.3) is 0 Å². The first-order valence-corrected chi connectivity index (χ1v) is 7.44. The van der Waals surface area contributed by atoms with Crippen LogP contribution in [0.4, 0.5) is 5.69 Å². The van der Waals surface area contributed by atoms with Gasteiger partial charge in [0.1, 0.15) is 0 Å². The van der Waals surface area contributed by atoms with Crippen LogP contribution < -0.4 is 5.32 Å². The van der Waals surface area contributed by atoms with E-state index in [1.807, 2.05) is 0 Å². The quantitative estimate of drug-likeness (QED) is 0.805. The fourth-order valence-electron chi connectivity index (χ4n) is 1.89. The number of aliphatic hydroxyl groups is 1. The van der Waals surface area contributed by atoms with Gasteiger partial charge >= 0.3 is 0 Å². The molecule has 0 amide bonds. The highest BCUT2D eigenvalue weighted by Gasteiger charge is 2.37. The second-order valence-electron chi connectivity index (χ2n) is 4.34. The Labute approximate surface area is 107 Å². The molecule has 18 heavy (non-hydrogen) atoms. The zero-order chi connectivity index (χ0) is 13.2. The Morgan fingerprint density at radius 1 is 1.33 bits per heavy atom. The molecule has 2 N–H and O–H groups in total. The molecular weight excluding hydrogens is 252 g/mol. The van der Waals surface area contributed by atoms with Crippen molar-refractivity contribution in [3.8, 4) is 0 Å². The van der Waals surface area contributed by atoms with Crippen molar-refractivity contribution in [2.75, 3.05) is 25.5 Å². The van der Waals surface area contributed by atoms with Crippen molar-refractivity contribution in [1.82, 2.24) is 4.31 Å². The molecule has 0 aromatic heterocycles. The lowest BCUT2D eigenvalue weighted by Gasteiger charge is -2.20. The van der Waals surface area contributed by atoms with Crippen molar-refractivity contribution in [2.24, 2.45) is 0 Å². The van der Waals surface area contributed by atoms with Crippen molar-refractivity contribution in [3.05, 3.63) is 24.3 Å². The SMILES string of the molecule is CNc1ccc(S(=O)(=O)N(CCO)C2CC2)cc1. The van der Waals surface area contributed by atoms with Crippen molar-refractivity contribution in [3.63, 3.8) is 0 Å². The Morgan fingerprint density at radius 2 is 1.94 bits per heavy atom. The van der Waals surface area contributed by atoms with Crippen LogP contribution >= 0.6 is 0 Å². The molecule has 1 aromatic carbocycles. The van der Waals surface area contributed by atoms with E-state index in [1.165, 1.54) is 4.31 Å². The summed E-state index contributed by atoms with van der Waals surface area (Å²) in [7, 11) is -1.70. The third-order valence-electron chi connectivity index (χ3n) is 3.02. The molecule has 0 unspecified atom stereocenters. The van der Waals surface area contributed by atoms with E-state index in [-0.39, 0.29) is 24.1 Å². The van der Waals surface area contributed by atoms with E-state index in [0.717, 1.165) is 18.5 Å².